The van der Waals surface area contributed by atoms with Crippen LogP contribution in [0, 0.1) is 0 Å². The number of carbonyl (C=O) groups is 2. The van der Waals surface area contributed by atoms with E-state index in [1.807, 2.05) is 60.5 Å². The van der Waals surface area contributed by atoms with Gasteiger partial charge in [-0.3, -0.25) is 9.69 Å². The Balaban J connectivity index is 1.58. The maximum Gasteiger partial charge on any atom is 0.326 e. The molecule has 30 heavy (non-hydrogen) atoms. The lowest BCUT2D eigenvalue weighted by molar-refractivity contribution is -0.132. The first-order valence-electron chi connectivity index (χ1n) is 9.93. The molecular weight excluding hydrogens is 382 g/mol. The Kier molecular flexibility index (Phi) is 6.62. The summed E-state index contributed by atoms with van der Waals surface area (Å²) in [6.07, 6.45) is 1.21. The van der Waals surface area contributed by atoms with Gasteiger partial charge in [0.2, 0.25) is 0 Å². The summed E-state index contributed by atoms with van der Waals surface area (Å²) in [5.74, 6) is 1.40. The van der Waals surface area contributed by atoms with Gasteiger partial charge < -0.3 is 14.8 Å². The van der Waals surface area contributed by atoms with Gasteiger partial charge in [0.05, 0.1) is 20.9 Å². The molecule has 2 aromatic rings. The zero-order valence-corrected chi connectivity index (χ0v) is 18.0. The number of carbonyl (C=O) groups excluding carboxylic acids is 2. The number of aryl methyl sites for hydroxylation is 1. The summed E-state index contributed by atoms with van der Waals surface area (Å²) >= 11 is 0. The van der Waals surface area contributed by atoms with Crippen molar-refractivity contribution in [1.82, 2.24) is 15.1 Å². The average molecular weight is 412 g/mol. The van der Waals surface area contributed by atoms with Crippen LogP contribution in [0.3, 0.4) is 0 Å². The van der Waals surface area contributed by atoms with Crippen LogP contribution >= 0.6 is 0 Å². The van der Waals surface area contributed by atoms with Crippen molar-refractivity contribution in [3.63, 3.8) is 0 Å². The molecule has 7 nitrogen and oxygen atoms in total. The first-order chi connectivity index (χ1) is 14.3. The van der Waals surface area contributed by atoms with Gasteiger partial charge in [0, 0.05) is 6.54 Å². The van der Waals surface area contributed by atoms with Gasteiger partial charge in [-0.2, -0.15) is 0 Å². The number of nitrogens with one attached hydrogen (secondary N) is 1. The smallest absolute Gasteiger partial charge is 0.326 e. The summed E-state index contributed by atoms with van der Waals surface area (Å²) in [5.41, 5.74) is 1.26. The van der Waals surface area contributed by atoms with Gasteiger partial charge in [0.15, 0.2) is 0 Å². The summed E-state index contributed by atoms with van der Waals surface area (Å²) in [7, 11) is 5.14. The van der Waals surface area contributed by atoms with Crippen LogP contribution in [0.1, 0.15) is 24.5 Å². The second kappa shape index (κ2) is 9.17. The summed E-state index contributed by atoms with van der Waals surface area (Å²) < 4.78 is 10.3. The molecule has 1 aliphatic heterocycles. The van der Waals surface area contributed by atoms with Gasteiger partial charge in [-0.15, -0.1) is 0 Å². The molecule has 0 unspecified atom stereocenters. The molecule has 3 amide bonds. The van der Waals surface area contributed by atoms with E-state index in [2.05, 4.69) is 5.32 Å². The van der Waals surface area contributed by atoms with Gasteiger partial charge in [-0.1, -0.05) is 24.3 Å². The summed E-state index contributed by atoms with van der Waals surface area (Å²) in [5, 5.41) is 2.88. The Morgan fingerprint density at radius 1 is 0.933 bits per heavy atom. The Bertz CT molecular complexity index is 882. The molecule has 0 saturated carbocycles. The molecule has 0 bridgehead atoms. The average Bonchev–Trinajstić information content (AvgIpc) is 2.96. The Morgan fingerprint density at radius 2 is 1.47 bits per heavy atom. The number of imide groups is 1. The molecule has 7 heteroatoms. The third-order valence-corrected chi connectivity index (χ3v) is 5.41. The fourth-order valence-corrected chi connectivity index (χ4v) is 3.57. The Hall–Kier alpha value is -3.06. The molecule has 0 aromatic heterocycles. The van der Waals surface area contributed by atoms with Crippen molar-refractivity contribution in [1.29, 1.82) is 0 Å². The molecule has 2 aromatic carbocycles. The number of amides is 3. The molecular formula is C23H29N3O4. The molecule has 1 aliphatic rings. The normalized spacial score (nSPS) is 18.6. The third kappa shape index (κ3) is 4.91. The maximum atomic E-state index is 13.0. The molecule has 1 saturated heterocycles. The van der Waals surface area contributed by atoms with E-state index in [9.17, 15) is 9.59 Å². The molecule has 1 atom stereocenters. The van der Waals surface area contributed by atoms with Gasteiger partial charge in [0.25, 0.3) is 5.91 Å². The number of nitrogens with zero attached hydrogens (tertiary/aromatic N) is 2. The van der Waals surface area contributed by atoms with E-state index in [1.54, 1.807) is 21.1 Å². The summed E-state index contributed by atoms with van der Waals surface area (Å²) in [6.45, 7) is 2.64. The van der Waals surface area contributed by atoms with Crippen LogP contribution in [0.4, 0.5) is 4.79 Å². The molecule has 1 N–H and O–H groups in total. The Morgan fingerprint density at radius 3 is 2.00 bits per heavy atom. The van der Waals surface area contributed by atoms with Crippen LogP contribution in [-0.2, 0) is 17.8 Å². The number of urea groups is 1. The molecule has 0 spiro atoms. The predicted molar refractivity (Wildman–Crippen MR) is 114 cm³/mol. The van der Waals surface area contributed by atoms with E-state index in [0.717, 1.165) is 22.6 Å². The first-order valence-corrected chi connectivity index (χ1v) is 9.93. The van der Waals surface area contributed by atoms with Gasteiger partial charge in [-0.25, -0.2) is 9.69 Å². The van der Waals surface area contributed by atoms with Crippen molar-refractivity contribution >= 4 is 11.9 Å². The fraction of sp³-hybridized carbons (Fsp3) is 0.391. The molecule has 160 valence electrons. The highest BCUT2D eigenvalue weighted by Gasteiger charge is 2.47. The largest absolute Gasteiger partial charge is 0.497 e. The molecule has 0 aliphatic carbocycles. The van der Waals surface area contributed by atoms with Crippen molar-refractivity contribution in [3.05, 3.63) is 59.7 Å². The molecule has 0 radical (unpaired) electrons. The van der Waals surface area contributed by atoms with Crippen molar-refractivity contribution in [2.24, 2.45) is 0 Å². The van der Waals surface area contributed by atoms with Gasteiger partial charge in [0.1, 0.15) is 17.0 Å². The summed E-state index contributed by atoms with van der Waals surface area (Å²) in [4.78, 5) is 28.7. The number of benzene rings is 2. The van der Waals surface area contributed by atoms with Crippen LogP contribution in [0.2, 0.25) is 0 Å². The SMILES string of the molecule is COc1ccc(CC[C@]2(C)NC(=O)N(CN(C)Cc3ccc(OC)cc3)C2=O)cc1. The molecule has 1 heterocycles. The van der Waals surface area contributed by atoms with Crippen molar-refractivity contribution in [2.45, 2.75) is 31.8 Å². The third-order valence-electron chi connectivity index (χ3n) is 5.41. The fourth-order valence-electron chi connectivity index (χ4n) is 3.57. The van der Waals surface area contributed by atoms with Crippen LogP contribution in [0.5, 0.6) is 11.5 Å². The zero-order valence-electron chi connectivity index (χ0n) is 18.0. The van der Waals surface area contributed by atoms with E-state index in [0.29, 0.717) is 19.4 Å². The quantitative estimate of drug-likeness (QED) is 0.642. The minimum atomic E-state index is -0.905. The van der Waals surface area contributed by atoms with Crippen LogP contribution in [-0.4, -0.2) is 55.2 Å². The lowest BCUT2D eigenvalue weighted by Gasteiger charge is -2.24. The van der Waals surface area contributed by atoms with E-state index >= 15 is 0 Å². The lowest BCUT2D eigenvalue weighted by Crippen LogP contribution is -2.45. The van der Waals surface area contributed by atoms with Crippen molar-refractivity contribution in [3.8, 4) is 11.5 Å². The first kappa shape index (κ1) is 21.6. The minimum absolute atomic E-state index is 0.192. The van der Waals surface area contributed by atoms with Crippen LogP contribution in [0.15, 0.2) is 48.5 Å². The van der Waals surface area contributed by atoms with Crippen LogP contribution in [0.25, 0.3) is 0 Å². The number of ether oxygens (including phenoxy) is 2. The van der Waals surface area contributed by atoms with Gasteiger partial charge >= 0.3 is 6.03 Å². The predicted octanol–water partition coefficient (Wildman–Crippen LogP) is 3.04. The number of hydrogen-bond donors (Lipinski definition) is 1. The zero-order chi connectivity index (χ0) is 21.7. The highest BCUT2D eigenvalue weighted by atomic mass is 16.5. The minimum Gasteiger partial charge on any atom is -0.497 e. The lowest BCUT2D eigenvalue weighted by atomic mass is 9.93. The maximum absolute atomic E-state index is 13.0. The monoisotopic (exact) mass is 411 g/mol. The highest BCUT2D eigenvalue weighted by molar-refractivity contribution is 6.06. The molecule has 1 fully saturated rings. The summed E-state index contributed by atoms with van der Waals surface area (Å²) in [6, 6.07) is 15.1. The number of rotatable bonds is 9. The van der Waals surface area contributed by atoms with Crippen molar-refractivity contribution < 1.29 is 19.1 Å². The van der Waals surface area contributed by atoms with Crippen LogP contribution < -0.4 is 14.8 Å². The topological polar surface area (TPSA) is 71.1 Å². The van der Waals surface area contributed by atoms with E-state index in [-0.39, 0.29) is 18.6 Å². The highest BCUT2D eigenvalue weighted by Crippen LogP contribution is 2.24. The van der Waals surface area contributed by atoms with E-state index in [1.165, 1.54) is 4.90 Å². The number of methoxy groups -OCH3 is 2. The second-order valence-electron chi connectivity index (χ2n) is 7.85. The van der Waals surface area contributed by atoms with Gasteiger partial charge in [-0.05, 0) is 62.2 Å². The van der Waals surface area contributed by atoms with E-state index in [4.69, 9.17) is 9.47 Å². The van der Waals surface area contributed by atoms with Crippen molar-refractivity contribution in [2.75, 3.05) is 27.9 Å². The van der Waals surface area contributed by atoms with E-state index < -0.39 is 5.54 Å². The standard InChI is InChI=1S/C23H29N3O4/c1-23(14-13-17-5-9-19(29-3)10-6-17)21(27)26(22(28)24-23)16-25(2)15-18-7-11-20(30-4)12-8-18/h5-12H,13-16H2,1-4H3,(H,24,28)/t23-/m0/s1. The Labute approximate surface area is 177 Å². The second-order valence-corrected chi connectivity index (χ2v) is 7.85. The number of hydrogen-bond acceptors (Lipinski definition) is 5. The molecule has 3 rings (SSSR count).